The summed E-state index contributed by atoms with van der Waals surface area (Å²) >= 11 is 0. The van der Waals surface area contributed by atoms with Crippen molar-refractivity contribution in [3.8, 4) is 0 Å². The molecule has 1 aliphatic heterocycles. The molecule has 6 heteroatoms. The highest BCUT2D eigenvalue weighted by Gasteiger charge is 2.34. The highest BCUT2D eigenvalue weighted by Crippen LogP contribution is 2.12. The number of aliphatic carboxylic acids is 1. The van der Waals surface area contributed by atoms with Crippen molar-refractivity contribution in [3.63, 3.8) is 0 Å². The number of carbonyl (C=O) groups excluding carboxylic acids is 1. The van der Waals surface area contributed by atoms with Gasteiger partial charge in [-0.25, -0.2) is 9.59 Å². The second-order valence-corrected chi connectivity index (χ2v) is 4.84. The van der Waals surface area contributed by atoms with E-state index in [4.69, 9.17) is 9.84 Å². The molecule has 0 radical (unpaired) electrons. The minimum Gasteiger partial charge on any atom is -0.480 e. The zero-order valence-corrected chi connectivity index (χ0v) is 11.3. The van der Waals surface area contributed by atoms with Crippen LogP contribution in [0.5, 0.6) is 0 Å². The van der Waals surface area contributed by atoms with E-state index in [2.05, 4.69) is 0 Å². The van der Waals surface area contributed by atoms with Gasteiger partial charge >= 0.3 is 12.0 Å². The molecule has 0 aromatic heterocycles. The number of urea groups is 1. The van der Waals surface area contributed by atoms with E-state index in [1.54, 1.807) is 4.90 Å². The van der Waals surface area contributed by atoms with Crippen molar-refractivity contribution in [2.45, 2.75) is 26.8 Å². The van der Waals surface area contributed by atoms with E-state index in [0.29, 0.717) is 32.2 Å². The van der Waals surface area contributed by atoms with Crippen molar-refractivity contribution in [3.05, 3.63) is 0 Å². The lowest BCUT2D eigenvalue weighted by molar-refractivity contribution is -0.147. The fourth-order valence-electron chi connectivity index (χ4n) is 2.00. The molecule has 1 fully saturated rings. The van der Waals surface area contributed by atoms with Crippen LogP contribution in [-0.2, 0) is 9.53 Å². The maximum absolute atomic E-state index is 12.3. The lowest BCUT2D eigenvalue weighted by Gasteiger charge is -2.37. The van der Waals surface area contributed by atoms with Crippen LogP contribution in [0.1, 0.15) is 20.8 Å². The molecule has 1 saturated heterocycles. The summed E-state index contributed by atoms with van der Waals surface area (Å²) in [4.78, 5) is 26.5. The number of carboxylic acids is 1. The summed E-state index contributed by atoms with van der Waals surface area (Å²) in [5.74, 6) is -0.651. The van der Waals surface area contributed by atoms with Crippen LogP contribution in [0, 0.1) is 5.92 Å². The van der Waals surface area contributed by atoms with Crippen molar-refractivity contribution < 1.29 is 19.4 Å². The lowest BCUT2D eigenvalue weighted by Crippen LogP contribution is -2.56. The largest absolute Gasteiger partial charge is 0.480 e. The first-order valence-corrected chi connectivity index (χ1v) is 6.33. The third-order valence-electron chi connectivity index (χ3n) is 2.90. The molecule has 0 bridgehead atoms. The number of amides is 2. The normalized spacial score (nSPS) is 20.0. The number of hydrogen-bond acceptors (Lipinski definition) is 3. The highest BCUT2D eigenvalue weighted by atomic mass is 16.5. The van der Waals surface area contributed by atoms with Crippen LogP contribution in [0.2, 0.25) is 0 Å². The number of ether oxygens (including phenoxy) is 1. The monoisotopic (exact) mass is 258 g/mol. The van der Waals surface area contributed by atoms with Crippen molar-refractivity contribution >= 4 is 12.0 Å². The average molecular weight is 258 g/mol. The third kappa shape index (κ3) is 3.60. The van der Waals surface area contributed by atoms with Gasteiger partial charge in [0.25, 0.3) is 0 Å². The number of hydrogen-bond donors (Lipinski definition) is 1. The molecule has 1 N–H and O–H groups in total. The Kier molecular flexibility index (Phi) is 5.40. The van der Waals surface area contributed by atoms with Crippen molar-refractivity contribution in [2.24, 2.45) is 5.92 Å². The summed E-state index contributed by atoms with van der Waals surface area (Å²) in [6.07, 6.45) is 0. The van der Waals surface area contributed by atoms with Crippen molar-refractivity contribution in [2.75, 3.05) is 32.8 Å². The van der Waals surface area contributed by atoms with E-state index >= 15 is 0 Å². The highest BCUT2D eigenvalue weighted by molar-refractivity contribution is 5.83. The number of nitrogens with zero attached hydrogens (tertiary/aromatic N) is 2. The van der Waals surface area contributed by atoms with Gasteiger partial charge in [-0.05, 0) is 12.8 Å². The molecule has 2 amide bonds. The fourth-order valence-corrected chi connectivity index (χ4v) is 2.00. The standard InChI is InChI=1S/C12H22N2O4/c1-4-13(7-9(2)3)12(17)14-5-6-18-8-10(14)11(15)16/h9-10H,4-8H2,1-3H3,(H,15,16). The van der Waals surface area contributed by atoms with E-state index in [1.165, 1.54) is 4.90 Å². The molecule has 0 spiro atoms. The summed E-state index contributed by atoms with van der Waals surface area (Å²) in [5, 5.41) is 9.10. The maximum Gasteiger partial charge on any atom is 0.328 e. The fraction of sp³-hybridized carbons (Fsp3) is 0.833. The average Bonchev–Trinajstić information content (AvgIpc) is 2.34. The van der Waals surface area contributed by atoms with Gasteiger partial charge in [-0.1, -0.05) is 13.8 Å². The van der Waals surface area contributed by atoms with Gasteiger partial charge in [0, 0.05) is 19.6 Å². The first kappa shape index (κ1) is 14.8. The Morgan fingerprint density at radius 2 is 2.17 bits per heavy atom. The predicted molar refractivity (Wildman–Crippen MR) is 66.4 cm³/mol. The van der Waals surface area contributed by atoms with Gasteiger partial charge in [0.2, 0.25) is 0 Å². The van der Waals surface area contributed by atoms with Crippen LogP contribution in [0.25, 0.3) is 0 Å². The summed E-state index contributed by atoms with van der Waals surface area (Å²) < 4.78 is 5.13. The summed E-state index contributed by atoms with van der Waals surface area (Å²) in [5.41, 5.74) is 0. The second kappa shape index (κ2) is 6.58. The molecule has 18 heavy (non-hydrogen) atoms. The molecule has 104 valence electrons. The van der Waals surface area contributed by atoms with Crippen molar-refractivity contribution in [1.29, 1.82) is 0 Å². The Morgan fingerprint density at radius 3 is 2.67 bits per heavy atom. The second-order valence-electron chi connectivity index (χ2n) is 4.84. The van der Waals surface area contributed by atoms with Gasteiger partial charge in [0.15, 0.2) is 6.04 Å². The molecule has 1 heterocycles. The van der Waals surface area contributed by atoms with Crippen molar-refractivity contribution in [1.82, 2.24) is 9.80 Å². The number of morpholine rings is 1. The zero-order valence-electron chi connectivity index (χ0n) is 11.3. The number of carboxylic acid groups (broad SMARTS) is 1. The van der Waals surface area contributed by atoms with Crippen LogP contribution in [0.4, 0.5) is 4.79 Å². The Morgan fingerprint density at radius 1 is 1.50 bits per heavy atom. The van der Waals surface area contributed by atoms with Crippen LogP contribution >= 0.6 is 0 Å². The molecule has 0 aromatic rings. The van der Waals surface area contributed by atoms with Crippen LogP contribution in [0.15, 0.2) is 0 Å². The van der Waals surface area contributed by atoms with E-state index in [-0.39, 0.29) is 12.6 Å². The molecule has 1 rings (SSSR count). The van der Waals surface area contributed by atoms with E-state index in [0.717, 1.165) is 0 Å². The molecular formula is C12H22N2O4. The molecule has 0 aliphatic carbocycles. The minimum absolute atomic E-state index is 0.0697. The van der Waals surface area contributed by atoms with E-state index in [1.807, 2.05) is 20.8 Å². The Balaban J connectivity index is 2.75. The van der Waals surface area contributed by atoms with Gasteiger partial charge < -0.3 is 19.6 Å². The van der Waals surface area contributed by atoms with Crippen LogP contribution in [0.3, 0.4) is 0 Å². The summed E-state index contributed by atoms with van der Waals surface area (Å²) in [6, 6.07) is -1.07. The molecule has 1 unspecified atom stereocenters. The molecule has 0 saturated carbocycles. The first-order chi connectivity index (χ1) is 8.47. The summed E-state index contributed by atoms with van der Waals surface area (Å²) in [7, 11) is 0. The van der Waals surface area contributed by atoms with Crippen LogP contribution in [-0.4, -0.2) is 65.8 Å². The van der Waals surface area contributed by atoms with Crippen LogP contribution < -0.4 is 0 Å². The van der Waals surface area contributed by atoms with Gasteiger partial charge in [-0.3, -0.25) is 0 Å². The minimum atomic E-state index is -1.01. The third-order valence-corrected chi connectivity index (χ3v) is 2.90. The zero-order chi connectivity index (χ0) is 13.7. The lowest BCUT2D eigenvalue weighted by atomic mass is 10.2. The van der Waals surface area contributed by atoms with E-state index in [9.17, 15) is 9.59 Å². The Labute approximate surface area is 107 Å². The Hall–Kier alpha value is -1.30. The van der Waals surface area contributed by atoms with Gasteiger partial charge in [0.05, 0.1) is 13.2 Å². The smallest absolute Gasteiger partial charge is 0.328 e. The molecule has 1 atom stereocenters. The topological polar surface area (TPSA) is 70.1 Å². The number of rotatable bonds is 4. The van der Waals surface area contributed by atoms with E-state index < -0.39 is 12.0 Å². The SMILES string of the molecule is CCN(CC(C)C)C(=O)N1CCOCC1C(=O)O. The molecular weight excluding hydrogens is 236 g/mol. The first-order valence-electron chi connectivity index (χ1n) is 6.33. The van der Waals surface area contributed by atoms with Gasteiger partial charge in [0.1, 0.15) is 0 Å². The van der Waals surface area contributed by atoms with Gasteiger partial charge in [-0.15, -0.1) is 0 Å². The van der Waals surface area contributed by atoms with Gasteiger partial charge in [-0.2, -0.15) is 0 Å². The summed E-state index contributed by atoms with van der Waals surface area (Å²) in [6.45, 7) is 7.99. The quantitative estimate of drug-likeness (QED) is 0.812. The predicted octanol–water partition coefficient (Wildman–Crippen LogP) is 0.870. The molecule has 6 nitrogen and oxygen atoms in total. The maximum atomic E-state index is 12.3. The molecule has 1 aliphatic rings. The number of carbonyl (C=O) groups is 2. The Bertz CT molecular complexity index is 306. The molecule has 0 aromatic carbocycles.